The summed E-state index contributed by atoms with van der Waals surface area (Å²) < 4.78 is 1.33. The number of hydrogen-bond acceptors (Lipinski definition) is 4. The molecule has 0 aliphatic carbocycles. The number of nitrogens with zero attached hydrogens (tertiary/aromatic N) is 2. The molecule has 1 heterocycles. The highest BCUT2D eigenvalue weighted by molar-refractivity contribution is 6.34. The van der Waals surface area contributed by atoms with Crippen LogP contribution in [0.2, 0.25) is 10.0 Å². The third-order valence-corrected chi connectivity index (χ3v) is 3.37. The molecule has 20 heavy (non-hydrogen) atoms. The largest absolute Gasteiger partial charge is 0.399 e. The number of anilines is 3. The summed E-state index contributed by atoms with van der Waals surface area (Å²) in [5, 5.41) is 7.59. The number of aryl methyl sites for hydroxylation is 1. The Balaban J connectivity index is 2.37. The van der Waals surface area contributed by atoms with Crippen LogP contribution in [0.25, 0.3) is 0 Å². The Morgan fingerprint density at radius 1 is 1.35 bits per heavy atom. The third-order valence-electron chi connectivity index (χ3n) is 2.68. The van der Waals surface area contributed by atoms with Crippen LogP contribution in [-0.2, 0) is 6.54 Å². The van der Waals surface area contributed by atoms with Gasteiger partial charge in [-0.2, -0.15) is 5.10 Å². The molecule has 2 aromatic rings. The highest BCUT2D eigenvalue weighted by Crippen LogP contribution is 2.29. The smallest absolute Gasteiger partial charge is 0.287 e. The Kier molecular flexibility index (Phi) is 4.52. The first kappa shape index (κ1) is 14.7. The maximum absolute atomic E-state index is 12.0. The predicted molar refractivity (Wildman–Crippen MR) is 82.9 cm³/mol. The van der Waals surface area contributed by atoms with Crippen molar-refractivity contribution >= 4 is 40.3 Å². The first-order valence-corrected chi connectivity index (χ1v) is 6.86. The molecule has 1 aromatic carbocycles. The van der Waals surface area contributed by atoms with E-state index in [0.29, 0.717) is 28.6 Å². The second-order valence-corrected chi connectivity index (χ2v) is 5.05. The van der Waals surface area contributed by atoms with E-state index in [1.807, 2.05) is 6.92 Å². The number of benzene rings is 1. The Bertz CT molecular complexity index is 685. The van der Waals surface area contributed by atoms with Gasteiger partial charge in [-0.3, -0.25) is 4.79 Å². The molecule has 3 N–H and O–H groups in total. The summed E-state index contributed by atoms with van der Waals surface area (Å²) >= 11 is 12.1. The summed E-state index contributed by atoms with van der Waals surface area (Å²) in [4.78, 5) is 12.0. The van der Waals surface area contributed by atoms with Gasteiger partial charge in [-0.15, -0.1) is 0 Å². The van der Waals surface area contributed by atoms with E-state index in [0.717, 1.165) is 6.42 Å². The van der Waals surface area contributed by atoms with Gasteiger partial charge in [-0.25, -0.2) is 4.68 Å². The Morgan fingerprint density at radius 2 is 2.10 bits per heavy atom. The number of halogens is 2. The zero-order valence-corrected chi connectivity index (χ0v) is 12.4. The van der Waals surface area contributed by atoms with Crippen LogP contribution in [0.4, 0.5) is 17.1 Å². The lowest BCUT2D eigenvalue weighted by Gasteiger charge is -2.11. The minimum absolute atomic E-state index is 0.0759. The number of hydrogen-bond donors (Lipinski definition) is 2. The number of rotatable bonds is 4. The Labute approximate surface area is 126 Å². The van der Waals surface area contributed by atoms with Gasteiger partial charge in [0.25, 0.3) is 5.56 Å². The zero-order chi connectivity index (χ0) is 14.7. The number of nitrogens with two attached hydrogens (primary N) is 1. The predicted octanol–water partition coefficient (Wildman–Crippen LogP) is 3.29. The summed E-state index contributed by atoms with van der Waals surface area (Å²) in [6, 6.07) is 5.02. The van der Waals surface area contributed by atoms with Gasteiger partial charge >= 0.3 is 0 Å². The van der Waals surface area contributed by atoms with E-state index in [4.69, 9.17) is 28.9 Å². The third kappa shape index (κ3) is 3.05. The molecule has 0 atom stereocenters. The standard InChI is InChI=1S/C13H14Cl2N4O/c1-2-5-19-13(20)12(15)11(7-17-19)18-10-6-8(16)3-4-9(10)14/h3-4,6-7,18H,2,5,16H2,1H3. The Hall–Kier alpha value is -1.72. The first-order chi connectivity index (χ1) is 9.52. The van der Waals surface area contributed by atoms with Gasteiger partial charge in [0.2, 0.25) is 0 Å². The van der Waals surface area contributed by atoms with Crippen LogP contribution in [0, 0.1) is 0 Å². The van der Waals surface area contributed by atoms with Crippen LogP contribution >= 0.6 is 23.2 Å². The molecule has 0 saturated carbocycles. The summed E-state index contributed by atoms with van der Waals surface area (Å²) in [6.07, 6.45) is 2.30. The quantitative estimate of drug-likeness (QED) is 0.850. The molecule has 2 rings (SSSR count). The topological polar surface area (TPSA) is 72.9 Å². The lowest BCUT2D eigenvalue weighted by atomic mass is 10.2. The van der Waals surface area contributed by atoms with Crippen LogP contribution in [0.1, 0.15) is 13.3 Å². The van der Waals surface area contributed by atoms with E-state index in [-0.39, 0.29) is 10.6 Å². The van der Waals surface area contributed by atoms with Crippen molar-refractivity contribution in [1.29, 1.82) is 0 Å². The van der Waals surface area contributed by atoms with Crippen molar-refractivity contribution in [3.8, 4) is 0 Å². The van der Waals surface area contributed by atoms with Crippen molar-refractivity contribution in [3.05, 3.63) is 44.8 Å². The molecule has 0 spiro atoms. The van der Waals surface area contributed by atoms with E-state index < -0.39 is 0 Å². The molecule has 0 unspecified atom stereocenters. The second kappa shape index (κ2) is 6.15. The van der Waals surface area contributed by atoms with E-state index in [1.165, 1.54) is 10.9 Å². The minimum atomic E-state index is -0.335. The molecule has 0 saturated heterocycles. The summed E-state index contributed by atoms with van der Waals surface area (Å²) in [5.41, 5.74) is 6.89. The van der Waals surface area contributed by atoms with Gasteiger partial charge < -0.3 is 11.1 Å². The average Bonchev–Trinajstić information content (AvgIpc) is 2.42. The van der Waals surface area contributed by atoms with E-state index in [9.17, 15) is 4.79 Å². The maximum atomic E-state index is 12.0. The molecule has 0 amide bonds. The molecule has 7 heteroatoms. The van der Waals surface area contributed by atoms with Crippen LogP contribution in [0.3, 0.4) is 0 Å². The van der Waals surface area contributed by atoms with Gasteiger partial charge in [0, 0.05) is 12.2 Å². The average molecular weight is 313 g/mol. The summed E-state index contributed by atoms with van der Waals surface area (Å²) in [5.74, 6) is 0. The van der Waals surface area contributed by atoms with Gasteiger partial charge in [-0.1, -0.05) is 30.1 Å². The van der Waals surface area contributed by atoms with Crippen LogP contribution in [0.5, 0.6) is 0 Å². The molecule has 0 aliphatic rings. The fourth-order valence-electron chi connectivity index (χ4n) is 1.71. The van der Waals surface area contributed by atoms with Crippen molar-refractivity contribution < 1.29 is 0 Å². The maximum Gasteiger partial charge on any atom is 0.287 e. The molecule has 106 valence electrons. The van der Waals surface area contributed by atoms with Crippen LogP contribution < -0.4 is 16.6 Å². The van der Waals surface area contributed by atoms with Crippen molar-refractivity contribution in [2.75, 3.05) is 11.1 Å². The number of nitrogens with one attached hydrogen (secondary N) is 1. The van der Waals surface area contributed by atoms with Gasteiger partial charge in [0.15, 0.2) is 0 Å². The molecular formula is C13H14Cl2N4O. The van der Waals surface area contributed by atoms with E-state index in [2.05, 4.69) is 10.4 Å². The fourth-order valence-corrected chi connectivity index (χ4v) is 2.07. The van der Waals surface area contributed by atoms with Crippen LogP contribution in [-0.4, -0.2) is 9.78 Å². The molecular weight excluding hydrogens is 299 g/mol. The van der Waals surface area contributed by atoms with Crippen molar-refractivity contribution in [3.63, 3.8) is 0 Å². The SMILES string of the molecule is CCCn1ncc(Nc2cc(N)ccc2Cl)c(Cl)c1=O. The van der Waals surface area contributed by atoms with Crippen molar-refractivity contribution in [2.45, 2.75) is 19.9 Å². The monoisotopic (exact) mass is 312 g/mol. The first-order valence-electron chi connectivity index (χ1n) is 6.10. The fraction of sp³-hybridized carbons (Fsp3) is 0.231. The highest BCUT2D eigenvalue weighted by Gasteiger charge is 2.10. The van der Waals surface area contributed by atoms with E-state index >= 15 is 0 Å². The zero-order valence-electron chi connectivity index (χ0n) is 10.9. The summed E-state index contributed by atoms with van der Waals surface area (Å²) in [7, 11) is 0. The van der Waals surface area contributed by atoms with Crippen molar-refractivity contribution in [1.82, 2.24) is 9.78 Å². The van der Waals surface area contributed by atoms with Gasteiger partial charge in [-0.05, 0) is 24.6 Å². The molecule has 0 radical (unpaired) electrons. The molecule has 5 nitrogen and oxygen atoms in total. The summed E-state index contributed by atoms with van der Waals surface area (Å²) in [6.45, 7) is 2.48. The normalized spacial score (nSPS) is 10.6. The Morgan fingerprint density at radius 3 is 2.80 bits per heavy atom. The van der Waals surface area contributed by atoms with E-state index in [1.54, 1.807) is 18.2 Å². The highest BCUT2D eigenvalue weighted by atomic mass is 35.5. The number of aromatic nitrogens is 2. The number of nitrogen functional groups attached to an aromatic ring is 1. The van der Waals surface area contributed by atoms with Gasteiger partial charge in [0.05, 0.1) is 22.6 Å². The molecule has 1 aromatic heterocycles. The van der Waals surface area contributed by atoms with Crippen LogP contribution in [0.15, 0.2) is 29.2 Å². The van der Waals surface area contributed by atoms with Crippen molar-refractivity contribution in [2.24, 2.45) is 0 Å². The van der Waals surface area contributed by atoms with Gasteiger partial charge in [0.1, 0.15) is 5.02 Å². The second-order valence-electron chi connectivity index (χ2n) is 4.26. The lowest BCUT2D eigenvalue weighted by molar-refractivity contribution is 0.569. The molecule has 0 bridgehead atoms. The molecule has 0 fully saturated rings. The minimum Gasteiger partial charge on any atom is -0.399 e. The lowest BCUT2D eigenvalue weighted by Crippen LogP contribution is -2.23. The molecule has 0 aliphatic heterocycles.